The number of amides is 1. The summed E-state index contributed by atoms with van der Waals surface area (Å²) in [6.07, 6.45) is 2.26. The lowest BCUT2D eigenvalue weighted by Crippen LogP contribution is -2.19. The molecule has 1 aromatic carbocycles. The zero-order valence-corrected chi connectivity index (χ0v) is 9.52. The van der Waals surface area contributed by atoms with Crippen LogP contribution in [0, 0.1) is 0 Å². The van der Waals surface area contributed by atoms with Crippen LogP contribution in [0.1, 0.15) is 30.7 Å². The monoisotopic (exact) mass is 233 g/mol. The van der Waals surface area contributed by atoms with Crippen molar-refractivity contribution in [3.05, 3.63) is 29.8 Å². The number of benzene rings is 1. The topological polar surface area (TPSA) is 69.4 Å². The number of ketones is 1. The van der Waals surface area contributed by atoms with E-state index in [1.54, 1.807) is 12.1 Å². The third kappa shape index (κ3) is 3.06. The molecule has 0 aromatic heterocycles. The van der Waals surface area contributed by atoms with Crippen LogP contribution < -0.4 is 10.5 Å². The molecule has 0 spiro atoms. The molecule has 2 N–H and O–H groups in total. The molecule has 0 aliphatic heterocycles. The molecule has 4 nitrogen and oxygen atoms in total. The highest BCUT2D eigenvalue weighted by atomic mass is 16.5. The second-order valence-electron chi connectivity index (χ2n) is 4.30. The zero-order valence-electron chi connectivity index (χ0n) is 9.52. The molecule has 0 bridgehead atoms. The first-order valence-corrected chi connectivity index (χ1v) is 5.68. The van der Waals surface area contributed by atoms with E-state index in [0.717, 1.165) is 12.0 Å². The van der Waals surface area contributed by atoms with Gasteiger partial charge in [0.1, 0.15) is 11.5 Å². The lowest BCUT2D eigenvalue weighted by molar-refractivity contribution is -0.120. The molecule has 17 heavy (non-hydrogen) atoms. The van der Waals surface area contributed by atoms with Crippen molar-refractivity contribution in [3.63, 3.8) is 0 Å². The minimum absolute atomic E-state index is 0.110. The molecule has 0 radical (unpaired) electrons. The van der Waals surface area contributed by atoms with Crippen molar-refractivity contribution in [1.29, 1.82) is 0 Å². The predicted octanol–water partition coefficient (Wildman–Crippen LogP) is 1.39. The van der Waals surface area contributed by atoms with Crippen LogP contribution in [0.2, 0.25) is 0 Å². The second kappa shape index (κ2) is 4.99. The number of carbonyl (C=O) groups excluding carboxylic acids is 2. The van der Waals surface area contributed by atoms with E-state index in [4.69, 9.17) is 10.5 Å². The van der Waals surface area contributed by atoms with Gasteiger partial charge >= 0.3 is 0 Å². The fraction of sp³-hybridized carbons (Fsp3) is 0.385. The van der Waals surface area contributed by atoms with Gasteiger partial charge in [0.05, 0.1) is 0 Å². The maximum Gasteiger partial charge on any atom is 0.255 e. The number of nitrogens with two attached hydrogens (primary N) is 1. The Kier molecular flexibility index (Phi) is 3.42. The Morgan fingerprint density at radius 1 is 1.35 bits per heavy atom. The molecule has 1 amide bonds. The number of Topliss-reactive ketones (excluding diaryl/α,β-unsaturated/α-hetero) is 1. The van der Waals surface area contributed by atoms with Gasteiger partial charge < -0.3 is 10.5 Å². The molecule has 1 aliphatic rings. The van der Waals surface area contributed by atoms with Crippen LogP contribution in [0.4, 0.5) is 0 Å². The summed E-state index contributed by atoms with van der Waals surface area (Å²) in [5, 5.41) is 0. The highest BCUT2D eigenvalue weighted by molar-refractivity contribution is 5.81. The first kappa shape index (κ1) is 11.6. The van der Waals surface area contributed by atoms with Crippen molar-refractivity contribution >= 4 is 11.7 Å². The van der Waals surface area contributed by atoms with Gasteiger partial charge in [-0.05, 0) is 30.0 Å². The minimum Gasteiger partial charge on any atom is -0.484 e. The SMILES string of the molecule is NC(=O)COc1ccc(C2CCC(=O)C2)cc1. The maximum absolute atomic E-state index is 11.2. The van der Waals surface area contributed by atoms with Crippen LogP contribution in [-0.2, 0) is 9.59 Å². The Morgan fingerprint density at radius 3 is 2.59 bits per heavy atom. The molecular weight excluding hydrogens is 218 g/mol. The van der Waals surface area contributed by atoms with Gasteiger partial charge in [-0.15, -0.1) is 0 Å². The summed E-state index contributed by atoms with van der Waals surface area (Å²) in [4.78, 5) is 21.7. The number of primary amides is 1. The first-order valence-electron chi connectivity index (χ1n) is 5.68. The molecule has 1 atom stereocenters. The van der Waals surface area contributed by atoms with Gasteiger partial charge in [-0.3, -0.25) is 9.59 Å². The highest BCUT2D eigenvalue weighted by Crippen LogP contribution is 2.32. The van der Waals surface area contributed by atoms with E-state index < -0.39 is 5.91 Å². The van der Waals surface area contributed by atoms with E-state index in [0.29, 0.717) is 30.3 Å². The van der Waals surface area contributed by atoms with E-state index in [1.807, 2.05) is 12.1 Å². The summed E-state index contributed by atoms with van der Waals surface area (Å²) in [5.41, 5.74) is 6.14. The van der Waals surface area contributed by atoms with Crippen LogP contribution >= 0.6 is 0 Å². The summed E-state index contributed by atoms with van der Waals surface area (Å²) in [5.74, 6) is 0.809. The van der Waals surface area contributed by atoms with Crippen molar-refractivity contribution in [1.82, 2.24) is 0 Å². The summed E-state index contributed by atoms with van der Waals surface area (Å²) < 4.78 is 5.16. The normalized spacial score (nSPS) is 19.3. The van der Waals surface area contributed by atoms with Gasteiger partial charge in [0.25, 0.3) is 5.91 Å². The Hall–Kier alpha value is -1.84. The molecule has 1 aliphatic carbocycles. The fourth-order valence-electron chi connectivity index (χ4n) is 2.09. The third-order valence-corrected chi connectivity index (χ3v) is 2.98. The van der Waals surface area contributed by atoms with Crippen molar-refractivity contribution < 1.29 is 14.3 Å². The van der Waals surface area contributed by atoms with E-state index in [-0.39, 0.29) is 6.61 Å². The van der Waals surface area contributed by atoms with Crippen LogP contribution in [0.15, 0.2) is 24.3 Å². The molecule has 4 heteroatoms. The van der Waals surface area contributed by atoms with Gasteiger partial charge in [0.15, 0.2) is 6.61 Å². The van der Waals surface area contributed by atoms with Gasteiger partial charge in [-0.2, -0.15) is 0 Å². The molecular formula is C13H15NO3. The second-order valence-corrected chi connectivity index (χ2v) is 4.30. The number of rotatable bonds is 4. The molecule has 0 heterocycles. The molecule has 90 valence electrons. The summed E-state index contributed by atoms with van der Waals surface area (Å²) >= 11 is 0. The van der Waals surface area contributed by atoms with Gasteiger partial charge in [-0.1, -0.05) is 12.1 Å². The molecule has 1 saturated carbocycles. The highest BCUT2D eigenvalue weighted by Gasteiger charge is 2.23. The van der Waals surface area contributed by atoms with Crippen molar-refractivity contribution in [2.24, 2.45) is 5.73 Å². The minimum atomic E-state index is -0.490. The first-order chi connectivity index (χ1) is 8.15. The summed E-state index contributed by atoms with van der Waals surface area (Å²) in [6, 6.07) is 7.50. The molecule has 1 aromatic rings. The number of ether oxygens (including phenoxy) is 1. The van der Waals surface area contributed by atoms with Crippen LogP contribution in [0.3, 0.4) is 0 Å². The third-order valence-electron chi connectivity index (χ3n) is 2.98. The lowest BCUT2D eigenvalue weighted by atomic mass is 9.98. The molecule has 1 fully saturated rings. The van der Waals surface area contributed by atoms with Crippen LogP contribution in [0.5, 0.6) is 5.75 Å². The molecule has 1 unspecified atom stereocenters. The summed E-state index contributed by atoms with van der Waals surface area (Å²) in [6.45, 7) is -0.110. The molecule has 2 rings (SSSR count). The van der Waals surface area contributed by atoms with Crippen molar-refractivity contribution in [2.75, 3.05) is 6.61 Å². The average molecular weight is 233 g/mol. The van der Waals surface area contributed by atoms with Crippen molar-refractivity contribution in [2.45, 2.75) is 25.2 Å². The zero-order chi connectivity index (χ0) is 12.3. The van der Waals surface area contributed by atoms with E-state index in [1.165, 1.54) is 0 Å². The van der Waals surface area contributed by atoms with Gasteiger partial charge in [0.2, 0.25) is 0 Å². The predicted molar refractivity (Wildman–Crippen MR) is 62.7 cm³/mol. The summed E-state index contributed by atoms with van der Waals surface area (Å²) in [7, 11) is 0. The standard InChI is InChI=1S/C13H15NO3/c14-13(16)8-17-12-5-2-9(3-6-12)10-1-4-11(15)7-10/h2-3,5-6,10H,1,4,7-8H2,(H2,14,16). The Balaban J connectivity index is 1.98. The Labute approximate surface area is 99.8 Å². The van der Waals surface area contributed by atoms with Crippen LogP contribution in [-0.4, -0.2) is 18.3 Å². The Bertz CT molecular complexity index is 425. The number of hydrogen-bond acceptors (Lipinski definition) is 3. The lowest BCUT2D eigenvalue weighted by Gasteiger charge is -2.09. The van der Waals surface area contributed by atoms with E-state index in [9.17, 15) is 9.59 Å². The van der Waals surface area contributed by atoms with E-state index >= 15 is 0 Å². The van der Waals surface area contributed by atoms with Gasteiger partial charge in [0, 0.05) is 12.8 Å². The average Bonchev–Trinajstić information content (AvgIpc) is 2.74. The van der Waals surface area contributed by atoms with E-state index in [2.05, 4.69) is 0 Å². The maximum atomic E-state index is 11.2. The van der Waals surface area contributed by atoms with Crippen molar-refractivity contribution in [3.8, 4) is 5.75 Å². The Morgan fingerprint density at radius 2 is 2.06 bits per heavy atom. The largest absolute Gasteiger partial charge is 0.484 e. The smallest absolute Gasteiger partial charge is 0.255 e. The fourth-order valence-corrected chi connectivity index (χ4v) is 2.09. The quantitative estimate of drug-likeness (QED) is 0.854. The number of carbonyl (C=O) groups is 2. The van der Waals surface area contributed by atoms with Crippen LogP contribution in [0.25, 0.3) is 0 Å². The molecule has 0 saturated heterocycles. The van der Waals surface area contributed by atoms with Gasteiger partial charge in [-0.25, -0.2) is 0 Å². The number of hydrogen-bond donors (Lipinski definition) is 1.